The summed E-state index contributed by atoms with van der Waals surface area (Å²) < 4.78 is 5.12. The number of rotatable bonds is 4. The van der Waals surface area contributed by atoms with Gasteiger partial charge in [-0.05, 0) is 13.0 Å². The molecule has 0 aromatic heterocycles. The maximum absolute atomic E-state index is 10.6. The van der Waals surface area contributed by atoms with Crippen LogP contribution in [-0.4, -0.2) is 11.5 Å². The number of nitrogens with zero attached hydrogens (tertiary/aromatic N) is 1. The summed E-state index contributed by atoms with van der Waals surface area (Å²) in [6.07, 6.45) is 0. The molecule has 0 radical (unpaired) electrons. The summed E-state index contributed by atoms with van der Waals surface area (Å²) in [6, 6.07) is 6.38. The van der Waals surface area contributed by atoms with Gasteiger partial charge in [0.1, 0.15) is 5.76 Å². The first-order chi connectivity index (χ1) is 6.66. The zero-order valence-electron chi connectivity index (χ0n) is 7.90. The monoisotopic (exact) mass is 193 g/mol. The summed E-state index contributed by atoms with van der Waals surface area (Å²) >= 11 is 0. The van der Waals surface area contributed by atoms with Gasteiger partial charge in [-0.2, -0.15) is 0 Å². The minimum atomic E-state index is -0.445. The van der Waals surface area contributed by atoms with E-state index < -0.39 is 4.92 Å². The van der Waals surface area contributed by atoms with Crippen LogP contribution in [0.2, 0.25) is 0 Å². The van der Waals surface area contributed by atoms with Crippen LogP contribution in [0.1, 0.15) is 12.5 Å². The second kappa shape index (κ2) is 4.41. The molecule has 0 aliphatic heterocycles. The largest absolute Gasteiger partial charge is 0.494 e. The van der Waals surface area contributed by atoms with E-state index in [-0.39, 0.29) is 5.69 Å². The number of benzene rings is 1. The molecule has 0 unspecified atom stereocenters. The van der Waals surface area contributed by atoms with Crippen LogP contribution < -0.4 is 0 Å². The Labute approximate surface area is 82.0 Å². The lowest BCUT2D eigenvalue weighted by Crippen LogP contribution is -1.96. The maximum Gasteiger partial charge on any atom is 0.280 e. The highest BCUT2D eigenvalue weighted by Gasteiger charge is 2.15. The minimum absolute atomic E-state index is 0.0194. The predicted octanol–water partition coefficient (Wildman–Crippen LogP) is 2.60. The second-order valence-corrected chi connectivity index (χ2v) is 2.63. The highest BCUT2D eigenvalue weighted by molar-refractivity contribution is 5.66. The number of hydrogen-bond donors (Lipinski definition) is 0. The Morgan fingerprint density at radius 1 is 1.57 bits per heavy atom. The van der Waals surface area contributed by atoms with Crippen molar-refractivity contribution in [1.29, 1.82) is 0 Å². The van der Waals surface area contributed by atoms with Crippen LogP contribution in [0.5, 0.6) is 0 Å². The molecule has 74 valence electrons. The van der Waals surface area contributed by atoms with Gasteiger partial charge in [-0.25, -0.2) is 0 Å². The quantitative estimate of drug-likeness (QED) is 0.419. The van der Waals surface area contributed by atoms with Crippen molar-refractivity contribution in [2.45, 2.75) is 6.92 Å². The van der Waals surface area contributed by atoms with Crippen LogP contribution in [0.3, 0.4) is 0 Å². The topological polar surface area (TPSA) is 52.4 Å². The first-order valence-electron chi connectivity index (χ1n) is 4.22. The maximum atomic E-state index is 10.6. The lowest BCUT2D eigenvalue weighted by Gasteiger charge is -2.06. The fourth-order valence-electron chi connectivity index (χ4n) is 1.12. The van der Waals surface area contributed by atoms with Gasteiger partial charge in [-0.1, -0.05) is 18.7 Å². The summed E-state index contributed by atoms with van der Waals surface area (Å²) in [5, 5.41) is 10.6. The third kappa shape index (κ3) is 2.10. The zero-order valence-corrected chi connectivity index (χ0v) is 7.90. The van der Waals surface area contributed by atoms with Crippen LogP contribution in [-0.2, 0) is 4.74 Å². The molecule has 0 aliphatic carbocycles. The third-order valence-electron chi connectivity index (χ3n) is 1.72. The third-order valence-corrected chi connectivity index (χ3v) is 1.72. The van der Waals surface area contributed by atoms with Crippen molar-refractivity contribution >= 4 is 11.4 Å². The highest BCUT2D eigenvalue weighted by Crippen LogP contribution is 2.24. The molecule has 0 fully saturated rings. The molecule has 0 atom stereocenters. The fourth-order valence-corrected chi connectivity index (χ4v) is 1.12. The van der Waals surface area contributed by atoms with Crippen molar-refractivity contribution in [2.24, 2.45) is 0 Å². The lowest BCUT2D eigenvalue weighted by molar-refractivity contribution is -0.385. The van der Waals surface area contributed by atoms with Crippen LogP contribution in [0.4, 0.5) is 5.69 Å². The van der Waals surface area contributed by atoms with Crippen molar-refractivity contribution < 1.29 is 9.66 Å². The summed E-state index contributed by atoms with van der Waals surface area (Å²) in [6.45, 7) is 5.89. The summed E-state index contributed by atoms with van der Waals surface area (Å²) in [7, 11) is 0. The number of hydrogen-bond acceptors (Lipinski definition) is 3. The molecule has 1 rings (SSSR count). The molecule has 4 heteroatoms. The van der Waals surface area contributed by atoms with Crippen LogP contribution in [0, 0.1) is 10.1 Å². The van der Waals surface area contributed by atoms with Crippen molar-refractivity contribution in [3.63, 3.8) is 0 Å². The molecular weight excluding hydrogens is 182 g/mol. The zero-order chi connectivity index (χ0) is 10.6. The van der Waals surface area contributed by atoms with E-state index in [0.717, 1.165) is 0 Å². The van der Waals surface area contributed by atoms with E-state index in [1.54, 1.807) is 25.1 Å². The molecule has 0 bridgehead atoms. The first-order valence-corrected chi connectivity index (χ1v) is 4.22. The highest BCUT2D eigenvalue weighted by atomic mass is 16.6. The minimum Gasteiger partial charge on any atom is -0.494 e. The number of para-hydroxylation sites is 1. The van der Waals surface area contributed by atoms with Gasteiger partial charge in [-0.15, -0.1) is 0 Å². The van der Waals surface area contributed by atoms with Gasteiger partial charge in [0.05, 0.1) is 17.1 Å². The van der Waals surface area contributed by atoms with Gasteiger partial charge >= 0.3 is 0 Å². The predicted molar refractivity (Wildman–Crippen MR) is 53.8 cm³/mol. The molecule has 0 saturated heterocycles. The summed E-state index contributed by atoms with van der Waals surface area (Å²) in [5.74, 6) is 0.333. The molecule has 0 amide bonds. The molecule has 0 saturated carbocycles. The van der Waals surface area contributed by atoms with E-state index in [1.165, 1.54) is 6.07 Å². The first kappa shape index (κ1) is 10.2. The van der Waals surface area contributed by atoms with Crippen molar-refractivity contribution in [3.05, 3.63) is 46.5 Å². The Hall–Kier alpha value is -1.84. The van der Waals surface area contributed by atoms with Crippen LogP contribution in [0.15, 0.2) is 30.8 Å². The van der Waals surface area contributed by atoms with E-state index in [2.05, 4.69) is 6.58 Å². The van der Waals surface area contributed by atoms with Gasteiger partial charge in [0.2, 0.25) is 0 Å². The van der Waals surface area contributed by atoms with Crippen molar-refractivity contribution in [3.8, 4) is 0 Å². The Morgan fingerprint density at radius 2 is 2.21 bits per heavy atom. The molecule has 1 aromatic rings. The average molecular weight is 193 g/mol. The molecule has 14 heavy (non-hydrogen) atoms. The molecule has 4 nitrogen and oxygen atoms in total. The number of nitro benzene ring substituents is 1. The molecular formula is C10H11NO3. The molecule has 0 N–H and O–H groups in total. The van der Waals surface area contributed by atoms with Gasteiger partial charge in [-0.3, -0.25) is 10.1 Å². The van der Waals surface area contributed by atoms with Crippen LogP contribution in [0.25, 0.3) is 5.76 Å². The standard InChI is InChI=1S/C10H11NO3/c1-3-14-8(2)9-6-4-5-7-10(9)11(12)13/h4-7H,2-3H2,1H3. The molecule has 0 spiro atoms. The Kier molecular flexibility index (Phi) is 3.23. The van der Waals surface area contributed by atoms with E-state index >= 15 is 0 Å². The average Bonchev–Trinajstić information content (AvgIpc) is 2.18. The summed E-state index contributed by atoms with van der Waals surface area (Å²) in [4.78, 5) is 10.2. The van der Waals surface area contributed by atoms with E-state index in [9.17, 15) is 10.1 Å². The van der Waals surface area contributed by atoms with Crippen molar-refractivity contribution in [2.75, 3.05) is 6.61 Å². The van der Waals surface area contributed by atoms with Gasteiger partial charge in [0.25, 0.3) is 5.69 Å². The fraction of sp³-hybridized carbons (Fsp3) is 0.200. The number of ether oxygens (including phenoxy) is 1. The Morgan fingerprint density at radius 3 is 2.79 bits per heavy atom. The van der Waals surface area contributed by atoms with Gasteiger partial charge in [0.15, 0.2) is 0 Å². The smallest absolute Gasteiger partial charge is 0.280 e. The normalized spacial score (nSPS) is 9.50. The van der Waals surface area contributed by atoms with E-state index in [1.807, 2.05) is 0 Å². The lowest BCUT2D eigenvalue weighted by atomic mass is 10.1. The second-order valence-electron chi connectivity index (χ2n) is 2.63. The molecule has 0 heterocycles. The Bertz CT molecular complexity index is 360. The summed E-state index contributed by atoms with van der Waals surface area (Å²) in [5.41, 5.74) is 0.449. The van der Waals surface area contributed by atoms with Gasteiger partial charge in [0, 0.05) is 6.07 Å². The Balaban J connectivity index is 3.07. The van der Waals surface area contributed by atoms with Crippen molar-refractivity contribution in [1.82, 2.24) is 0 Å². The number of nitro groups is 1. The van der Waals surface area contributed by atoms with Crippen LogP contribution >= 0.6 is 0 Å². The molecule has 0 aliphatic rings. The van der Waals surface area contributed by atoms with E-state index in [4.69, 9.17) is 4.74 Å². The SMILES string of the molecule is C=C(OCC)c1ccccc1[N+](=O)[O-]. The molecule has 1 aromatic carbocycles. The van der Waals surface area contributed by atoms with E-state index in [0.29, 0.717) is 17.9 Å². The van der Waals surface area contributed by atoms with Gasteiger partial charge < -0.3 is 4.74 Å².